The normalized spacial score (nSPS) is 10.4. The quantitative estimate of drug-likeness (QED) is 0.685. The number of aryl methyl sites for hydroxylation is 1. The Labute approximate surface area is 150 Å². The number of anilines is 1. The van der Waals surface area contributed by atoms with Gasteiger partial charge in [0, 0.05) is 23.7 Å². The Morgan fingerprint density at radius 2 is 1.73 bits per heavy atom. The topological polar surface area (TPSA) is 94.3 Å². The van der Waals surface area contributed by atoms with Crippen molar-refractivity contribution >= 4 is 17.4 Å². The molecule has 1 N–H and O–H groups in total. The summed E-state index contributed by atoms with van der Waals surface area (Å²) in [6.07, 6.45) is 0. The second kappa shape index (κ2) is 7.60. The molecule has 0 unspecified atom stereocenters. The van der Waals surface area contributed by atoms with Gasteiger partial charge in [-0.25, -0.2) is 0 Å². The highest BCUT2D eigenvalue weighted by atomic mass is 16.5. The maximum absolute atomic E-state index is 12.0. The van der Waals surface area contributed by atoms with Crippen LogP contribution in [-0.4, -0.2) is 28.5 Å². The number of carbonyl (C=O) groups excluding carboxylic acids is 2. The van der Waals surface area contributed by atoms with E-state index in [2.05, 4.69) is 15.5 Å². The van der Waals surface area contributed by atoms with Crippen LogP contribution in [0.5, 0.6) is 5.75 Å². The molecule has 3 rings (SSSR count). The molecule has 0 saturated carbocycles. The predicted octanol–water partition coefficient (Wildman–Crippen LogP) is 3.27. The minimum Gasteiger partial charge on any atom is -0.484 e. The Morgan fingerprint density at radius 3 is 2.31 bits per heavy atom. The van der Waals surface area contributed by atoms with Crippen LogP contribution in [0.15, 0.2) is 52.9 Å². The summed E-state index contributed by atoms with van der Waals surface area (Å²) in [5.41, 5.74) is 1.97. The molecule has 132 valence electrons. The van der Waals surface area contributed by atoms with Crippen molar-refractivity contribution in [3.63, 3.8) is 0 Å². The fraction of sp³-hybridized carbons (Fsp3) is 0.158. The number of rotatable bonds is 6. The van der Waals surface area contributed by atoms with E-state index in [1.54, 1.807) is 55.5 Å². The lowest BCUT2D eigenvalue weighted by molar-refractivity contribution is -0.118. The Bertz CT molecular complexity index is 915. The molecule has 0 spiro atoms. The number of nitrogens with one attached hydrogen (secondary N) is 1. The average molecular weight is 351 g/mol. The highest BCUT2D eigenvalue weighted by Gasteiger charge is 2.08. The average Bonchev–Trinajstić information content (AvgIpc) is 3.07. The third-order valence-corrected chi connectivity index (χ3v) is 3.57. The first kappa shape index (κ1) is 17.3. The number of aromatic nitrogens is 2. The van der Waals surface area contributed by atoms with Crippen molar-refractivity contribution in [2.24, 2.45) is 0 Å². The van der Waals surface area contributed by atoms with Gasteiger partial charge in [-0.05, 0) is 55.5 Å². The van der Waals surface area contributed by atoms with Crippen molar-refractivity contribution < 1.29 is 18.7 Å². The smallest absolute Gasteiger partial charge is 0.262 e. The molecule has 0 aliphatic carbocycles. The maximum Gasteiger partial charge on any atom is 0.262 e. The van der Waals surface area contributed by atoms with Gasteiger partial charge in [-0.1, -0.05) is 0 Å². The van der Waals surface area contributed by atoms with Crippen LogP contribution in [-0.2, 0) is 4.79 Å². The standard InChI is InChI=1S/C19H17N3O4/c1-12(23)14-3-7-16(8-4-14)20-18(24)11-25-17-9-5-15(6-10-17)19-22-21-13(2)26-19/h3-10H,11H2,1-2H3,(H,20,24). The third kappa shape index (κ3) is 4.32. The molecule has 1 amide bonds. The number of ketones is 1. The summed E-state index contributed by atoms with van der Waals surface area (Å²) in [4.78, 5) is 23.2. The molecule has 7 heteroatoms. The number of ether oxygens (including phenoxy) is 1. The first-order valence-corrected chi connectivity index (χ1v) is 7.95. The molecule has 0 bridgehead atoms. The van der Waals surface area contributed by atoms with Crippen LogP contribution in [0.4, 0.5) is 5.69 Å². The number of hydrogen-bond donors (Lipinski definition) is 1. The molecule has 0 atom stereocenters. The van der Waals surface area contributed by atoms with Crippen molar-refractivity contribution in [3.8, 4) is 17.2 Å². The van der Waals surface area contributed by atoms with Crippen molar-refractivity contribution in [2.45, 2.75) is 13.8 Å². The van der Waals surface area contributed by atoms with Gasteiger partial charge in [0.2, 0.25) is 11.8 Å². The Kier molecular flexibility index (Phi) is 5.07. The van der Waals surface area contributed by atoms with Crippen LogP contribution in [0.2, 0.25) is 0 Å². The Morgan fingerprint density at radius 1 is 1.04 bits per heavy atom. The highest BCUT2D eigenvalue weighted by Crippen LogP contribution is 2.21. The molecule has 2 aromatic carbocycles. The van der Waals surface area contributed by atoms with Gasteiger partial charge in [0.1, 0.15) is 5.75 Å². The monoisotopic (exact) mass is 351 g/mol. The lowest BCUT2D eigenvalue weighted by Crippen LogP contribution is -2.20. The van der Waals surface area contributed by atoms with Crippen LogP contribution in [0, 0.1) is 6.92 Å². The Balaban J connectivity index is 1.53. The summed E-state index contributed by atoms with van der Waals surface area (Å²) in [5.74, 6) is 1.16. The molecule has 7 nitrogen and oxygen atoms in total. The largest absolute Gasteiger partial charge is 0.484 e. The van der Waals surface area contributed by atoms with Crippen molar-refractivity contribution in [3.05, 3.63) is 60.0 Å². The van der Waals surface area contributed by atoms with E-state index in [1.165, 1.54) is 6.92 Å². The van der Waals surface area contributed by atoms with E-state index in [0.717, 1.165) is 5.56 Å². The van der Waals surface area contributed by atoms with E-state index in [0.29, 0.717) is 28.8 Å². The second-order valence-corrected chi connectivity index (χ2v) is 5.62. The van der Waals surface area contributed by atoms with Crippen LogP contribution in [0.3, 0.4) is 0 Å². The fourth-order valence-electron chi connectivity index (χ4n) is 2.24. The SMILES string of the molecule is CC(=O)c1ccc(NC(=O)COc2ccc(-c3nnc(C)o3)cc2)cc1. The zero-order valence-electron chi connectivity index (χ0n) is 14.4. The van der Waals surface area contributed by atoms with Crippen molar-refractivity contribution in [1.82, 2.24) is 10.2 Å². The lowest BCUT2D eigenvalue weighted by Gasteiger charge is -2.08. The molecule has 0 radical (unpaired) electrons. The highest BCUT2D eigenvalue weighted by molar-refractivity contribution is 5.95. The van der Waals surface area contributed by atoms with E-state index in [1.807, 2.05) is 0 Å². The van der Waals surface area contributed by atoms with E-state index in [-0.39, 0.29) is 18.3 Å². The minimum atomic E-state index is -0.294. The number of carbonyl (C=O) groups is 2. The zero-order valence-corrected chi connectivity index (χ0v) is 14.4. The van der Waals surface area contributed by atoms with Gasteiger partial charge in [-0.2, -0.15) is 0 Å². The van der Waals surface area contributed by atoms with E-state index in [4.69, 9.17) is 9.15 Å². The number of amides is 1. The molecule has 0 aliphatic heterocycles. The molecule has 26 heavy (non-hydrogen) atoms. The van der Waals surface area contributed by atoms with Gasteiger partial charge in [-0.15, -0.1) is 10.2 Å². The van der Waals surface area contributed by atoms with E-state index < -0.39 is 0 Å². The van der Waals surface area contributed by atoms with Gasteiger partial charge in [0.25, 0.3) is 5.91 Å². The molecule has 3 aromatic rings. The van der Waals surface area contributed by atoms with E-state index >= 15 is 0 Å². The second-order valence-electron chi connectivity index (χ2n) is 5.62. The van der Waals surface area contributed by atoms with Crippen LogP contribution in [0.1, 0.15) is 23.2 Å². The summed E-state index contributed by atoms with van der Waals surface area (Å²) < 4.78 is 10.8. The number of nitrogens with zero attached hydrogens (tertiary/aromatic N) is 2. The van der Waals surface area contributed by atoms with Gasteiger partial charge >= 0.3 is 0 Å². The molecule has 0 aliphatic rings. The fourth-order valence-corrected chi connectivity index (χ4v) is 2.24. The Hall–Kier alpha value is -3.48. The summed E-state index contributed by atoms with van der Waals surface area (Å²) >= 11 is 0. The van der Waals surface area contributed by atoms with Gasteiger partial charge < -0.3 is 14.5 Å². The van der Waals surface area contributed by atoms with Gasteiger partial charge in [-0.3, -0.25) is 9.59 Å². The molecule has 0 saturated heterocycles. The number of Topliss-reactive ketones (excluding diaryl/α,β-unsaturated/α-hetero) is 1. The minimum absolute atomic E-state index is 0.0228. The zero-order chi connectivity index (χ0) is 18.5. The lowest BCUT2D eigenvalue weighted by atomic mass is 10.1. The molecular formula is C19H17N3O4. The first-order chi connectivity index (χ1) is 12.5. The van der Waals surface area contributed by atoms with Crippen molar-refractivity contribution in [1.29, 1.82) is 0 Å². The first-order valence-electron chi connectivity index (χ1n) is 7.95. The summed E-state index contributed by atoms with van der Waals surface area (Å²) in [7, 11) is 0. The van der Waals surface area contributed by atoms with Gasteiger partial charge in [0.05, 0.1) is 0 Å². The summed E-state index contributed by atoms with van der Waals surface area (Å²) in [6.45, 7) is 3.08. The van der Waals surface area contributed by atoms with Gasteiger partial charge in [0.15, 0.2) is 12.4 Å². The molecular weight excluding hydrogens is 334 g/mol. The van der Waals surface area contributed by atoms with Crippen LogP contribution < -0.4 is 10.1 Å². The summed E-state index contributed by atoms with van der Waals surface area (Å²) in [6, 6.07) is 13.7. The van der Waals surface area contributed by atoms with E-state index in [9.17, 15) is 9.59 Å². The molecule has 0 fully saturated rings. The third-order valence-electron chi connectivity index (χ3n) is 3.57. The maximum atomic E-state index is 12.0. The number of hydrogen-bond acceptors (Lipinski definition) is 6. The molecule has 1 aromatic heterocycles. The van der Waals surface area contributed by atoms with Crippen molar-refractivity contribution in [2.75, 3.05) is 11.9 Å². The molecule has 1 heterocycles. The van der Waals surface area contributed by atoms with Crippen LogP contribution in [0.25, 0.3) is 11.5 Å². The predicted molar refractivity (Wildman–Crippen MR) is 95.0 cm³/mol. The number of benzene rings is 2. The summed E-state index contributed by atoms with van der Waals surface area (Å²) in [5, 5.41) is 10.4. The van der Waals surface area contributed by atoms with Crippen LogP contribution >= 0.6 is 0 Å².